The molecule has 4 nitrogen and oxygen atoms in total. The monoisotopic (exact) mass is 394 g/mol. The van der Waals surface area contributed by atoms with Gasteiger partial charge >= 0.3 is 5.97 Å². The van der Waals surface area contributed by atoms with Crippen molar-refractivity contribution in [3.63, 3.8) is 0 Å². The molecule has 0 aromatic heterocycles. The minimum Gasteiger partial charge on any atom is -0.493 e. The van der Waals surface area contributed by atoms with Crippen LogP contribution in [0.2, 0.25) is 0 Å². The van der Waals surface area contributed by atoms with E-state index in [4.69, 9.17) is 14.2 Å². The first-order chi connectivity index (χ1) is 14.1. The van der Waals surface area contributed by atoms with E-state index in [-0.39, 0.29) is 12.4 Å². The van der Waals surface area contributed by atoms with Crippen molar-refractivity contribution in [3.05, 3.63) is 83.7 Å². The molecule has 29 heavy (non-hydrogen) atoms. The summed E-state index contributed by atoms with van der Waals surface area (Å²) in [6, 6.07) is 19.1. The Bertz CT molecular complexity index is 953. The Labute approximate surface area is 169 Å². The van der Waals surface area contributed by atoms with Crippen molar-refractivity contribution in [1.29, 1.82) is 0 Å². The van der Waals surface area contributed by atoms with Crippen LogP contribution in [0.15, 0.2) is 66.7 Å². The number of carbonyl (C=O) groups is 1. The fourth-order valence-electron chi connectivity index (χ4n) is 2.94. The summed E-state index contributed by atoms with van der Waals surface area (Å²) in [7, 11) is 0. The van der Waals surface area contributed by atoms with Crippen molar-refractivity contribution in [2.75, 3.05) is 13.2 Å². The van der Waals surface area contributed by atoms with E-state index < -0.39 is 5.97 Å². The molecule has 0 spiro atoms. The van der Waals surface area contributed by atoms with E-state index >= 15 is 0 Å². The number of benzene rings is 3. The van der Waals surface area contributed by atoms with Gasteiger partial charge in [0.15, 0.2) is 0 Å². The zero-order chi connectivity index (χ0) is 20.6. The molecule has 0 aliphatic rings. The molecule has 0 aliphatic heterocycles. The molecule has 0 N–H and O–H groups in total. The van der Waals surface area contributed by atoms with Crippen molar-refractivity contribution < 1.29 is 23.4 Å². The standard InChI is InChI=1S/C24H23FO4/c1-3-27-21-14-19(24(26)28-4-2)15-22(29-16-17-8-6-5-7-9-17)23(21)18-10-12-20(25)13-11-18/h5-15H,3-4,16H2,1-2H3. The molecule has 3 rings (SSSR count). The van der Waals surface area contributed by atoms with Crippen molar-refractivity contribution in [3.8, 4) is 22.6 Å². The van der Waals surface area contributed by atoms with Crippen LogP contribution in [0.3, 0.4) is 0 Å². The number of ether oxygens (including phenoxy) is 3. The van der Waals surface area contributed by atoms with Crippen LogP contribution in [0, 0.1) is 5.82 Å². The second-order valence-corrected chi connectivity index (χ2v) is 6.28. The van der Waals surface area contributed by atoms with Crippen molar-refractivity contribution in [2.24, 2.45) is 0 Å². The number of halogens is 1. The highest BCUT2D eigenvalue weighted by Crippen LogP contribution is 2.40. The predicted molar refractivity (Wildman–Crippen MR) is 110 cm³/mol. The Morgan fingerprint density at radius 1 is 0.862 bits per heavy atom. The van der Waals surface area contributed by atoms with Crippen LogP contribution in [-0.2, 0) is 11.3 Å². The van der Waals surface area contributed by atoms with E-state index in [0.717, 1.165) is 11.1 Å². The second kappa shape index (κ2) is 9.73. The van der Waals surface area contributed by atoms with Crippen LogP contribution in [0.4, 0.5) is 4.39 Å². The zero-order valence-corrected chi connectivity index (χ0v) is 16.5. The smallest absolute Gasteiger partial charge is 0.338 e. The van der Waals surface area contributed by atoms with Gasteiger partial charge in [-0.1, -0.05) is 42.5 Å². The van der Waals surface area contributed by atoms with Crippen LogP contribution in [-0.4, -0.2) is 19.2 Å². The molecular formula is C24H23FO4. The van der Waals surface area contributed by atoms with Gasteiger partial charge in [-0.2, -0.15) is 0 Å². The maximum atomic E-state index is 13.5. The molecule has 0 saturated carbocycles. The van der Waals surface area contributed by atoms with Gasteiger partial charge in [0.25, 0.3) is 0 Å². The molecule has 0 radical (unpaired) electrons. The molecule has 3 aromatic rings. The first kappa shape index (κ1) is 20.4. The fraction of sp³-hybridized carbons (Fsp3) is 0.208. The number of rotatable bonds is 8. The third-order valence-electron chi connectivity index (χ3n) is 4.25. The lowest BCUT2D eigenvalue weighted by atomic mass is 10.0. The minimum absolute atomic E-state index is 0.267. The molecule has 0 atom stereocenters. The highest BCUT2D eigenvalue weighted by atomic mass is 19.1. The molecule has 150 valence electrons. The maximum Gasteiger partial charge on any atom is 0.338 e. The average molecular weight is 394 g/mol. The van der Waals surface area contributed by atoms with E-state index in [1.165, 1.54) is 12.1 Å². The molecule has 0 unspecified atom stereocenters. The normalized spacial score (nSPS) is 10.4. The highest BCUT2D eigenvalue weighted by Gasteiger charge is 2.19. The lowest BCUT2D eigenvalue weighted by molar-refractivity contribution is 0.0525. The maximum absolute atomic E-state index is 13.5. The van der Waals surface area contributed by atoms with E-state index in [1.807, 2.05) is 37.3 Å². The van der Waals surface area contributed by atoms with Gasteiger partial charge < -0.3 is 14.2 Å². The Morgan fingerprint density at radius 2 is 1.52 bits per heavy atom. The highest BCUT2D eigenvalue weighted by molar-refractivity contribution is 5.93. The SMILES string of the molecule is CCOC(=O)c1cc(OCC)c(-c2ccc(F)cc2)c(OCc2ccccc2)c1. The van der Waals surface area contributed by atoms with Crippen LogP contribution in [0.25, 0.3) is 11.1 Å². The largest absolute Gasteiger partial charge is 0.493 e. The fourth-order valence-corrected chi connectivity index (χ4v) is 2.94. The van der Waals surface area contributed by atoms with Crippen molar-refractivity contribution >= 4 is 5.97 Å². The molecule has 0 fully saturated rings. The third kappa shape index (κ3) is 5.13. The number of esters is 1. The zero-order valence-electron chi connectivity index (χ0n) is 16.5. The quantitative estimate of drug-likeness (QED) is 0.463. The number of carbonyl (C=O) groups excluding carboxylic acids is 1. The average Bonchev–Trinajstić information content (AvgIpc) is 2.74. The van der Waals surface area contributed by atoms with E-state index in [2.05, 4.69) is 0 Å². The van der Waals surface area contributed by atoms with Gasteiger partial charge in [0.2, 0.25) is 0 Å². The molecule has 0 aliphatic carbocycles. The Hall–Kier alpha value is -3.34. The van der Waals surface area contributed by atoms with E-state index in [1.54, 1.807) is 31.2 Å². The van der Waals surface area contributed by atoms with Crippen LogP contribution in [0.5, 0.6) is 11.5 Å². The van der Waals surface area contributed by atoms with Gasteiger partial charge in [0.05, 0.1) is 24.3 Å². The molecule has 0 amide bonds. The van der Waals surface area contributed by atoms with Crippen molar-refractivity contribution in [2.45, 2.75) is 20.5 Å². The van der Waals surface area contributed by atoms with Crippen LogP contribution in [0.1, 0.15) is 29.8 Å². The number of hydrogen-bond acceptors (Lipinski definition) is 4. The van der Waals surface area contributed by atoms with Gasteiger partial charge in [-0.05, 0) is 49.2 Å². The summed E-state index contributed by atoms with van der Waals surface area (Å²) in [5, 5.41) is 0. The van der Waals surface area contributed by atoms with Crippen LogP contribution < -0.4 is 9.47 Å². The first-order valence-electron chi connectivity index (χ1n) is 9.53. The lowest BCUT2D eigenvalue weighted by Gasteiger charge is -2.18. The lowest BCUT2D eigenvalue weighted by Crippen LogP contribution is -2.08. The summed E-state index contributed by atoms with van der Waals surface area (Å²) in [5.41, 5.74) is 2.71. The first-order valence-corrected chi connectivity index (χ1v) is 9.53. The molecule has 5 heteroatoms. The molecule has 0 heterocycles. The second-order valence-electron chi connectivity index (χ2n) is 6.28. The van der Waals surface area contributed by atoms with Gasteiger partial charge in [-0.25, -0.2) is 9.18 Å². The topological polar surface area (TPSA) is 44.8 Å². The molecule has 0 saturated heterocycles. The number of hydrogen-bond donors (Lipinski definition) is 0. The van der Waals surface area contributed by atoms with Gasteiger partial charge in [0.1, 0.15) is 23.9 Å². The summed E-state index contributed by atoms with van der Waals surface area (Å²) in [5.74, 6) is 0.160. The summed E-state index contributed by atoms with van der Waals surface area (Å²) >= 11 is 0. The van der Waals surface area contributed by atoms with Crippen molar-refractivity contribution in [1.82, 2.24) is 0 Å². The van der Waals surface area contributed by atoms with Gasteiger partial charge in [-0.15, -0.1) is 0 Å². The Morgan fingerprint density at radius 3 is 2.14 bits per heavy atom. The molecule has 0 bridgehead atoms. The molecular weight excluding hydrogens is 371 g/mol. The van der Waals surface area contributed by atoms with Gasteiger partial charge in [0, 0.05) is 0 Å². The summed E-state index contributed by atoms with van der Waals surface area (Å²) in [6.07, 6.45) is 0. The summed E-state index contributed by atoms with van der Waals surface area (Å²) < 4.78 is 30.5. The third-order valence-corrected chi connectivity index (χ3v) is 4.25. The Kier molecular flexibility index (Phi) is 6.85. The molecule has 3 aromatic carbocycles. The minimum atomic E-state index is -0.455. The van der Waals surface area contributed by atoms with Gasteiger partial charge in [-0.3, -0.25) is 0 Å². The van der Waals surface area contributed by atoms with E-state index in [0.29, 0.717) is 35.8 Å². The predicted octanol–water partition coefficient (Wildman–Crippen LogP) is 5.65. The van der Waals surface area contributed by atoms with E-state index in [9.17, 15) is 9.18 Å². The van der Waals surface area contributed by atoms with Crippen LogP contribution >= 0.6 is 0 Å². The Balaban J connectivity index is 2.08. The summed E-state index contributed by atoms with van der Waals surface area (Å²) in [4.78, 5) is 12.3. The summed E-state index contributed by atoms with van der Waals surface area (Å²) in [6.45, 7) is 4.59.